The van der Waals surface area contributed by atoms with Gasteiger partial charge in [-0.1, -0.05) is 19.1 Å². The summed E-state index contributed by atoms with van der Waals surface area (Å²) in [5.41, 5.74) is 1.98. The van der Waals surface area contributed by atoms with E-state index >= 15 is 0 Å². The molecule has 126 valence electrons. The lowest BCUT2D eigenvalue weighted by Crippen LogP contribution is -2.31. The first-order chi connectivity index (χ1) is 10.8. The number of carbonyl (C=O) groups excluding carboxylic acids is 1. The Hall–Kier alpha value is -2.09. The van der Waals surface area contributed by atoms with E-state index in [0.717, 1.165) is 6.07 Å². The van der Waals surface area contributed by atoms with Gasteiger partial charge in [0.2, 0.25) is 0 Å². The average molecular weight is 330 g/mol. The molecule has 0 saturated heterocycles. The van der Waals surface area contributed by atoms with Gasteiger partial charge in [0.25, 0.3) is 0 Å². The number of rotatable bonds is 5. The molecule has 1 heterocycles. The maximum Gasteiger partial charge on any atom is 0.428 e. The van der Waals surface area contributed by atoms with Crippen LogP contribution in [0.4, 0.5) is 18.0 Å². The highest BCUT2D eigenvalue weighted by Gasteiger charge is 2.34. The first-order valence-electron chi connectivity index (χ1n) is 7.12. The van der Waals surface area contributed by atoms with Gasteiger partial charge in [0, 0.05) is 12.2 Å². The molecule has 1 aromatic carbocycles. The summed E-state index contributed by atoms with van der Waals surface area (Å²) in [5.74, 6) is -0.0680. The Labute approximate surface area is 131 Å². The van der Waals surface area contributed by atoms with Crippen molar-refractivity contribution in [2.45, 2.75) is 25.9 Å². The van der Waals surface area contributed by atoms with Gasteiger partial charge < -0.3 is 9.84 Å². The number of halogens is 3. The minimum absolute atomic E-state index is 0.0611. The van der Waals surface area contributed by atoms with Crippen molar-refractivity contribution in [1.29, 1.82) is 0 Å². The van der Waals surface area contributed by atoms with Crippen molar-refractivity contribution in [1.82, 2.24) is 5.43 Å². The van der Waals surface area contributed by atoms with Crippen molar-refractivity contribution in [3.05, 3.63) is 34.9 Å². The molecule has 0 fully saturated rings. The molecule has 0 saturated carbocycles. The van der Waals surface area contributed by atoms with Crippen LogP contribution in [0.1, 0.15) is 30.0 Å². The minimum Gasteiger partial charge on any atom is -0.442 e. The largest absolute Gasteiger partial charge is 0.442 e. The van der Waals surface area contributed by atoms with E-state index in [4.69, 9.17) is 9.84 Å². The highest BCUT2D eigenvalue weighted by Crippen LogP contribution is 2.34. The summed E-state index contributed by atoms with van der Waals surface area (Å²) < 4.78 is 44.6. The Morgan fingerprint density at radius 1 is 1.43 bits per heavy atom. The number of benzene rings is 1. The Kier molecular flexibility index (Phi) is 5.25. The predicted octanol–water partition coefficient (Wildman–Crippen LogP) is 2.71. The molecular weight excluding hydrogens is 313 g/mol. The van der Waals surface area contributed by atoms with Gasteiger partial charge in [-0.15, -0.1) is 0 Å². The summed E-state index contributed by atoms with van der Waals surface area (Å²) >= 11 is 0. The Morgan fingerprint density at radius 3 is 2.74 bits per heavy atom. The summed E-state index contributed by atoms with van der Waals surface area (Å²) in [6.45, 7) is 1.55. The lowest BCUT2D eigenvalue weighted by atomic mass is 9.92. The SMILES string of the molecule is C[C@@H](CCO)Cc1ccc(C2=NNC(=O)OC2)cc1C(F)(F)F. The van der Waals surface area contributed by atoms with Crippen molar-refractivity contribution in [2.75, 3.05) is 13.2 Å². The van der Waals surface area contributed by atoms with Gasteiger partial charge in [-0.25, -0.2) is 10.2 Å². The number of nitrogens with one attached hydrogen (secondary N) is 1. The second-order valence-corrected chi connectivity index (χ2v) is 5.44. The number of aliphatic hydroxyl groups excluding tert-OH is 1. The van der Waals surface area contributed by atoms with Crippen LogP contribution in [-0.4, -0.2) is 30.1 Å². The van der Waals surface area contributed by atoms with E-state index in [2.05, 4.69) is 10.5 Å². The van der Waals surface area contributed by atoms with Crippen molar-refractivity contribution in [3.63, 3.8) is 0 Å². The monoisotopic (exact) mass is 330 g/mol. The molecule has 0 spiro atoms. The summed E-state index contributed by atoms with van der Waals surface area (Å²) in [7, 11) is 0. The third-order valence-corrected chi connectivity index (χ3v) is 3.56. The Balaban J connectivity index is 2.33. The van der Waals surface area contributed by atoms with Crippen LogP contribution in [0.25, 0.3) is 0 Å². The van der Waals surface area contributed by atoms with Gasteiger partial charge >= 0.3 is 12.3 Å². The fraction of sp³-hybridized carbons (Fsp3) is 0.467. The third-order valence-electron chi connectivity index (χ3n) is 3.56. The number of nitrogens with zero attached hydrogens (tertiary/aromatic N) is 1. The predicted molar refractivity (Wildman–Crippen MR) is 77.0 cm³/mol. The number of aliphatic hydroxyl groups is 1. The fourth-order valence-electron chi connectivity index (χ4n) is 2.36. The zero-order valence-electron chi connectivity index (χ0n) is 12.5. The Bertz CT molecular complexity index is 614. The van der Waals surface area contributed by atoms with E-state index in [1.165, 1.54) is 12.1 Å². The zero-order valence-corrected chi connectivity index (χ0v) is 12.5. The molecule has 8 heteroatoms. The lowest BCUT2D eigenvalue weighted by Gasteiger charge is -2.19. The molecule has 2 N–H and O–H groups in total. The highest BCUT2D eigenvalue weighted by atomic mass is 19.4. The van der Waals surface area contributed by atoms with Crippen LogP contribution >= 0.6 is 0 Å². The molecular formula is C15H17F3N2O3. The second-order valence-electron chi connectivity index (χ2n) is 5.44. The molecule has 23 heavy (non-hydrogen) atoms. The van der Waals surface area contributed by atoms with E-state index in [1.54, 1.807) is 6.92 Å². The molecule has 1 atom stereocenters. The zero-order chi connectivity index (χ0) is 17.0. The van der Waals surface area contributed by atoms with Crippen molar-refractivity contribution in [3.8, 4) is 0 Å². The van der Waals surface area contributed by atoms with Crippen LogP contribution in [0.3, 0.4) is 0 Å². The molecule has 0 bridgehead atoms. The fourth-order valence-corrected chi connectivity index (χ4v) is 2.36. The molecule has 1 aliphatic rings. The molecule has 1 amide bonds. The van der Waals surface area contributed by atoms with E-state index in [0.29, 0.717) is 6.42 Å². The first-order valence-corrected chi connectivity index (χ1v) is 7.12. The standard InChI is InChI=1S/C15H17F3N2O3/c1-9(4-5-21)6-10-2-3-11(7-12(10)15(16,17)18)13-8-23-14(22)20-19-13/h2-3,7,9,21H,4-6,8H2,1H3,(H,20,22)/t9-/m0/s1. The second kappa shape index (κ2) is 6.99. The third kappa shape index (κ3) is 4.44. The first kappa shape index (κ1) is 17.3. The van der Waals surface area contributed by atoms with Gasteiger partial charge in [0.15, 0.2) is 0 Å². The number of hydrazone groups is 1. The number of carbonyl (C=O) groups is 1. The van der Waals surface area contributed by atoms with E-state index in [9.17, 15) is 18.0 Å². The molecule has 1 aliphatic heterocycles. The molecule has 5 nitrogen and oxygen atoms in total. The normalized spacial score (nSPS) is 16.4. The highest BCUT2D eigenvalue weighted by molar-refractivity contribution is 6.03. The number of ether oxygens (including phenoxy) is 1. The quantitative estimate of drug-likeness (QED) is 0.872. The van der Waals surface area contributed by atoms with Crippen LogP contribution in [0.5, 0.6) is 0 Å². The molecule has 0 aliphatic carbocycles. The van der Waals surface area contributed by atoms with Gasteiger partial charge in [-0.05, 0) is 30.4 Å². The molecule has 1 aromatic rings. The van der Waals surface area contributed by atoms with Crippen molar-refractivity contribution in [2.24, 2.45) is 11.0 Å². The summed E-state index contributed by atoms with van der Waals surface area (Å²) in [6.07, 6.45) is -4.58. The topological polar surface area (TPSA) is 70.9 Å². The van der Waals surface area contributed by atoms with Gasteiger partial charge in [0.05, 0.1) is 5.56 Å². The van der Waals surface area contributed by atoms with Crippen LogP contribution < -0.4 is 5.43 Å². The van der Waals surface area contributed by atoms with Gasteiger partial charge in [-0.3, -0.25) is 0 Å². The number of amides is 1. The van der Waals surface area contributed by atoms with Gasteiger partial charge in [0.1, 0.15) is 12.3 Å². The maximum atomic E-state index is 13.3. The van der Waals surface area contributed by atoms with E-state index < -0.39 is 17.8 Å². The molecule has 0 unspecified atom stereocenters. The van der Waals surface area contributed by atoms with E-state index in [-0.39, 0.29) is 42.4 Å². The smallest absolute Gasteiger partial charge is 0.428 e. The van der Waals surface area contributed by atoms with Crippen molar-refractivity contribution < 1.29 is 27.8 Å². The van der Waals surface area contributed by atoms with Crippen LogP contribution in [0.2, 0.25) is 0 Å². The summed E-state index contributed by atoms with van der Waals surface area (Å²) in [4.78, 5) is 10.9. The van der Waals surface area contributed by atoms with Crippen LogP contribution in [-0.2, 0) is 17.3 Å². The van der Waals surface area contributed by atoms with Crippen LogP contribution in [0, 0.1) is 5.92 Å². The summed E-state index contributed by atoms with van der Waals surface area (Å²) in [5, 5.41) is 12.6. The Morgan fingerprint density at radius 2 is 2.17 bits per heavy atom. The lowest BCUT2D eigenvalue weighted by molar-refractivity contribution is -0.138. The van der Waals surface area contributed by atoms with E-state index in [1.807, 2.05) is 0 Å². The van der Waals surface area contributed by atoms with Gasteiger partial charge in [-0.2, -0.15) is 18.3 Å². The number of hydrogen-bond donors (Lipinski definition) is 2. The number of alkyl halides is 3. The number of cyclic esters (lactones) is 1. The van der Waals surface area contributed by atoms with Crippen molar-refractivity contribution >= 4 is 11.8 Å². The molecule has 2 rings (SSSR count). The van der Waals surface area contributed by atoms with Crippen LogP contribution in [0.15, 0.2) is 23.3 Å². The minimum atomic E-state index is -4.50. The molecule has 0 aromatic heterocycles. The number of hydrogen-bond acceptors (Lipinski definition) is 4. The maximum absolute atomic E-state index is 13.3. The summed E-state index contributed by atoms with van der Waals surface area (Å²) in [6, 6.07) is 3.95. The molecule has 0 radical (unpaired) electrons. The average Bonchev–Trinajstić information content (AvgIpc) is 2.47.